The van der Waals surface area contributed by atoms with Crippen LogP contribution in [0.3, 0.4) is 0 Å². The molecule has 1 aromatic rings. The Morgan fingerprint density at radius 3 is 2.64 bits per heavy atom. The molecule has 0 aliphatic rings. The number of rotatable bonds is 2. The molecule has 0 saturated carbocycles. The number of aromatic nitrogens is 1. The molecule has 0 fully saturated rings. The summed E-state index contributed by atoms with van der Waals surface area (Å²) in [4.78, 5) is 5.51. The van der Waals surface area contributed by atoms with Gasteiger partial charge in [-0.1, -0.05) is 0 Å². The lowest BCUT2D eigenvalue weighted by Crippen LogP contribution is -1.97. The third-order valence-electron chi connectivity index (χ3n) is 1.54. The first kappa shape index (κ1) is 9.16. The summed E-state index contributed by atoms with van der Waals surface area (Å²) in [6.45, 7) is 4.04. The molecule has 0 bridgehead atoms. The fourth-order valence-electron chi connectivity index (χ4n) is 0.864. The summed E-state index contributed by atoms with van der Waals surface area (Å²) in [5.41, 5.74) is 1.03. The molecule has 1 unspecified atom stereocenters. The van der Waals surface area contributed by atoms with Crippen molar-refractivity contribution in [1.29, 1.82) is 0 Å². The minimum Gasteiger partial charge on any atom is -0.375 e. The highest BCUT2D eigenvalue weighted by Gasteiger charge is 2.11. The quantitative estimate of drug-likeness (QED) is 0.787. The first-order valence-corrected chi connectivity index (χ1v) is 4.91. The lowest BCUT2D eigenvalue weighted by atomic mass is 10.2. The van der Waals surface area contributed by atoms with Crippen LogP contribution in [0.1, 0.15) is 23.6 Å². The van der Waals surface area contributed by atoms with Crippen molar-refractivity contribution < 1.29 is 4.74 Å². The van der Waals surface area contributed by atoms with Gasteiger partial charge in [0.25, 0.3) is 0 Å². The van der Waals surface area contributed by atoms with Gasteiger partial charge >= 0.3 is 0 Å². The van der Waals surface area contributed by atoms with E-state index in [9.17, 15) is 0 Å². The van der Waals surface area contributed by atoms with Crippen molar-refractivity contribution in [1.82, 2.24) is 4.98 Å². The van der Waals surface area contributed by atoms with Gasteiger partial charge in [0.1, 0.15) is 0 Å². The first-order chi connectivity index (χ1) is 5.15. The number of nitrogens with zero attached hydrogens (tertiary/aromatic N) is 1. The number of thiazole rings is 1. The molecule has 0 aliphatic heterocycles. The van der Waals surface area contributed by atoms with E-state index in [0.29, 0.717) is 0 Å². The Morgan fingerprint density at radius 1 is 1.64 bits per heavy atom. The van der Waals surface area contributed by atoms with Crippen molar-refractivity contribution >= 4 is 27.3 Å². The van der Waals surface area contributed by atoms with Crippen LogP contribution in [0.25, 0.3) is 0 Å². The molecule has 1 rings (SSSR count). The molecule has 11 heavy (non-hydrogen) atoms. The molecule has 2 nitrogen and oxygen atoms in total. The molecule has 0 aromatic carbocycles. The van der Waals surface area contributed by atoms with Crippen LogP contribution in [0.5, 0.6) is 0 Å². The van der Waals surface area contributed by atoms with Gasteiger partial charge < -0.3 is 4.74 Å². The number of methoxy groups -OCH3 is 1. The molecule has 62 valence electrons. The van der Waals surface area contributed by atoms with E-state index >= 15 is 0 Å². The maximum Gasteiger partial charge on any atom is 0.159 e. The monoisotopic (exact) mass is 235 g/mol. The van der Waals surface area contributed by atoms with Crippen molar-refractivity contribution in [2.75, 3.05) is 7.11 Å². The Kier molecular flexibility index (Phi) is 3.04. The summed E-state index contributed by atoms with van der Waals surface area (Å²) in [6, 6.07) is 0. The average molecular weight is 236 g/mol. The third kappa shape index (κ3) is 2.01. The summed E-state index contributed by atoms with van der Waals surface area (Å²) in [6.07, 6.45) is 0.0950. The van der Waals surface area contributed by atoms with Gasteiger partial charge in [0.15, 0.2) is 3.92 Å². The first-order valence-electron chi connectivity index (χ1n) is 3.30. The van der Waals surface area contributed by atoms with Crippen LogP contribution < -0.4 is 0 Å². The van der Waals surface area contributed by atoms with Gasteiger partial charge in [0.2, 0.25) is 0 Å². The zero-order valence-corrected chi connectivity index (χ0v) is 9.12. The average Bonchev–Trinajstić information content (AvgIpc) is 2.28. The van der Waals surface area contributed by atoms with Gasteiger partial charge in [0, 0.05) is 12.0 Å². The van der Waals surface area contributed by atoms with E-state index in [0.717, 1.165) is 9.61 Å². The molecule has 0 aliphatic carbocycles. The minimum atomic E-state index is 0.0950. The summed E-state index contributed by atoms with van der Waals surface area (Å²) < 4.78 is 6.08. The van der Waals surface area contributed by atoms with Crippen LogP contribution in [0.4, 0.5) is 0 Å². The van der Waals surface area contributed by atoms with Crippen LogP contribution in [0.2, 0.25) is 0 Å². The highest BCUT2D eigenvalue weighted by atomic mass is 79.9. The van der Waals surface area contributed by atoms with Gasteiger partial charge in [-0.15, -0.1) is 11.3 Å². The SMILES string of the molecule is COC(C)c1nc(Br)sc1C. The Balaban J connectivity index is 2.93. The topological polar surface area (TPSA) is 22.1 Å². The molecule has 0 saturated heterocycles. The molecule has 4 heteroatoms. The molecule has 0 N–H and O–H groups in total. The van der Waals surface area contributed by atoms with Crippen molar-refractivity contribution in [3.8, 4) is 0 Å². The zero-order valence-electron chi connectivity index (χ0n) is 6.72. The van der Waals surface area contributed by atoms with Crippen LogP contribution in [0.15, 0.2) is 3.92 Å². The Morgan fingerprint density at radius 2 is 2.27 bits per heavy atom. The lowest BCUT2D eigenvalue weighted by Gasteiger charge is -2.05. The second kappa shape index (κ2) is 3.65. The van der Waals surface area contributed by atoms with Gasteiger partial charge in [-0.05, 0) is 29.8 Å². The number of aryl methyl sites for hydroxylation is 1. The molecule has 1 heterocycles. The molecule has 0 amide bonds. The zero-order chi connectivity index (χ0) is 8.43. The van der Waals surface area contributed by atoms with Crippen LogP contribution in [0, 0.1) is 6.92 Å². The van der Waals surface area contributed by atoms with E-state index in [2.05, 4.69) is 20.9 Å². The van der Waals surface area contributed by atoms with Crippen molar-refractivity contribution in [2.45, 2.75) is 20.0 Å². The second-order valence-electron chi connectivity index (χ2n) is 2.29. The second-order valence-corrected chi connectivity index (χ2v) is 4.77. The molecular formula is C7H10BrNOS. The Hall–Kier alpha value is 0.0700. The predicted octanol–water partition coefficient (Wildman–Crippen LogP) is 2.92. The van der Waals surface area contributed by atoms with Gasteiger partial charge in [-0.25, -0.2) is 4.98 Å². The van der Waals surface area contributed by atoms with Crippen molar-refractivity contribution in [3.05, 3.63) is 14.5 Å². The molecular weight excluding hydrogens is 226 g/mol. The highest BCUT2D eigenvalue weighted by molar-refractivity contribution is 9.11. The predicted molar refractivity (Wildman–Crippen MR) is 50.0 cm³/mol. The van der Waals surface area contributed by atoms with E-state index in [-0.39, 0.29) is 6.10 Å². The minimum absolute atomic E-state index is 0.0950. The van der Waals surface area contributed by atoms with Crippen LogP contribution >= 0.6 is 27.3 Å². The summed E-state index contributed by atoms with van der Waals surface area (Å²) in [5.74, 6) is 0. The third-order valence-corrected chi connectivity index (χ3v) is 2.98. The largest absolute Gasteiger partial charge is 0.375 e. The normalized spacial score (nSPS) is 13.5. The number of hydrogen-bond donors (Lipinski definition) is 0. The molecule has 0 spiro atoms. The number of ether oxygens (including phenoxy) is 1. The van der Waals surface area contributed by atoms with E-state index < -0.39 is 0 Å². The van der Waals surface area contributed by atoms with Crippen molar-refractivity contribution in [2.24, 2.45) is 0 Å². The maximum absolute atomic E-state index is 5.15. The standard InChI is InChI=1S/C7H10BrNOS/c1-4(10-3)6-5(2)11-7(8)9-6/h4H,1-3H3. The van der Waals surface area contributed by atoms with Gasteiger partial charge in [0.05, 0.1) is 11.8 Å². The summed E-state index contributed by atoms with van der Waals surface area (Å²) >= 11 is 4.97. The van der Waals surface area contributed by atoms with Gasteiger partial charge in [-0.2, -0.15) is 0 Å². The van der Waals surface area contributed by atoms with Gasteiger partial charge in [-0.3, -0.25) is 0 Å². The van der Waals surface area contributed by atoms with E-state index in [1.54, 1.807) is 18.4 Å². The fraction of sp³-hybridized carbons (Fsp3) is 0.571. The van der Waals surface area contributed by atoms with E-state index in [4.69, 9.17) is 4.74 Å². The van der Waals surface area contributed by atoms with E-state index in [1.807, 2.05) is 13.8 Å². The number of hydrogen-bond acceptors (Lipinski definition) is 3. The maximum atomic E-state index is 5.15. The fourth-order valence-corrected chi connectivity index (χ4v) is 2.50. The highest BCUT2D eigenvalue weighted by Crippen LogP contribution is 2.27. The van der Waals surface area contributed by atoms with Crippen LogP contribution in [-0.2, 0) is 4.74 Å². The van der Waals surface area contributed by atoms with Crippen LogP contribution in [-0.4, -0.2) is 12.1 Å². The smallest absolute Gasteiger partial charge is 0.159 e. The van der Waals surface area contributed by atoms with E-state index in [1.165, 1.54) is 4.88 Å². The van der Waals surface area contributed by atoms with Crippen molar-refractivity contribution in [3.63, 3.8) is 0 Å². The molecule has 1 aromatic heterocycles. The Labute approximate surface area is 78.7 Å². The molecule has 1 atom stereocenters. The Bertz CT molecular complexity index is 249. The number of halogens is 1. The summed E-state index contributed by atoms with van der Waals surface area (Å²) in [5, 5.41) is 0. The molecule has 0 radical (unpaired) electrons. The lowest BCUT2D eigenvalue weighted by molar-refractivity contribution is 0.116. The summed E-state index contributed by atoms with van der Waals surface area (Å²) in [7, 11) is 1.69.